The smallest absolute Gasteiger partial charge is 0.259 e. The molecular formula is C27H19Cl2NO5. The largest absolute Gasteiger partial charge is 0.462 e. The molecule has 2 aliphatic rings. The van der Waals surface area contributed by atoms with Gasteiger partial charge in [0.2, 0.25) is 11.2 Å². The van der Waals surface area contributed by atoms with Gasteiger partial charge < -0.3 is 13.6 Å². The zero-order chi connectivity index (χ0) is 24.1. The van der Waals surface area contributed by atoms with Crippen molar-refractivity contribution >= 4 is 62.9 Å². The molecule has 0 bridgehead atoms. The van der Waals surface area contributed by atoms with Crippen molar-refractivity contribution in [1.82, 2.24) is 0 Å². The highest BCUT2D eigenvalue weighted by atomic mass is 35.5. The summed E-state index contributed by atoms with van der Waals surface area (Å²) in [5.74, 6) is 0.629. The molecule has 8 heteroatoms. The third-order valence-electron chi connectivity index (χ3n) is 6.46. The van der Waals surface area contributed by atoms with E-state index in [2.05, 4.69) is 0 Å². The van der Waals surface area contributed by atoms with Gasteiger partial charge in [0, 0.05) is 0 Å². The Morgan fingerprint density at radius 1 is 0.886 bits per heavy atom. The number of rotatable bonds is 2. The van der Waals surface area contributed by atoms with Gasteiger partial charge in [0.05, 0.1) is 32.4 Å². The van der Waals surface area contributed by atoms with E-state index in [0.29, 0.717) is 26.4 Å². The molecule has 1 saturated carbocycles. The predicted molar refractivity (Wildman–Crippen MR) is 137 cm³/mol. The van der Waals surface area contributed by atoms with Crippen LogP contribution in [0.5, 0.6) is 0 Å². The van der Waals surface area contributed by atoms with Crippen LogP contribution in [0.15, 0.2) is 66.1 Å². The average molecular weight is 508 g/mol. The van der Waals surface area contributed by atoms with Crippen molar-refractivity contribution in [1.29, 1.82) is 0 Å². The minimum atomic E-state index is -0.308. The molecule has 6 nitrogen and oxygen atoms in total. The van der Waals surface area contributed by atoms with Gasteiger partial charge in [0.15, 0.2) is 16.6 Å². The number of aliphatic imine (C=N–C) groups is 1. The summed E-state index contributed by atoms with van der Waals surface area (Å²) in [6, 6.07) is 10.0. The van der Waals surface area contributed by atoms with E-state index in [1.165, 1.54) is 18.8 Å². The van der Waals surface area contributed by atoms with Gasteiger partial charge in [-0.25, -0.2) is 4.99 Å². The Balaban J connectivity index is 1.57. The molecule has 0 spiro atoms. The minimum Gasteiger partial charge on any atom is -0.462 e. The fourth-order valence-electron chi connectivity index (χ4n) is 4.70. The van der Waals surface area contributed by atoms with Crippen LogP contribution in [-0.2, 0) is 4.74 Å². The average Bonchev–Trinajstić information content (AvgIpc) is 3.20. The van der Waals surface area contributed by atoms with E-state index >= 15 is 0 Å². The van der Waals surface area contributed by atoms with Crippen LogP contribution in [0.4, 0.5) is 0 Å². The second-order valence-corrected chi connectivity index (χ2v) is 9.54. The van der Waals surface area contributed by atoms with Gasteiger partial charge in [-0.1, -0.05) is 54.6 Å². The maximum atomic E-state index is 13.5. The Hall–Kier alpha value is -3.35. The number of hydrogen-bond acceptors (Lipinski definition) is 6. The molecule has 1 fully saturated rings. The number of para-hydroxylation sites is 2. The van der Waals surface area contributed by atoms with E-state index in [1.54, 1.807) is 36.4 Å². The molecule has 4 aromatic rings. The first-order valence-electron chi connectivity index (χ1n) is 11.4. The van der Waals surface area contributed by atoms with E-state index in [0.717, 1.165) is 25.7 Å². The highest BCUT2D eigenvalue weighted by Gasteiger charge is 2.33. The Kier molecular flexibility index (Phi) is 5.50. The summed E-state index contributed by atoms with van der Waals surface area (Å²) in [4.78, 5) is 31.5. The maximum absolute atomic E-state index is 13.5. The molecule has 0 unspecified atom stereocenters. The quantitative estimate of drug-likeness (QED) is 0.297. The van der Waals surface area contributed by atoms with Crippen LogP contribution >= 0.6 is 23.2 Å². The van der Waals surface area contributed by atoms with Gasteiger partial charge in [-0.3, -0.25) is 9.59 Å². The first-order valence-corrected chi connectivity index (χ1v) is 12.2. The van der Waals surface area contributed by atoms with Crippen molar-refractivity contribution < 1.29 is 13.6 Å². The number of hydrogen-bond donors (Lipinski definition) is 0. The summed E-state index contributed by atoms with van der Waals surface area (Å²) in [6.07, 6.45) is 8.03. The van der Waals surface area contributed by atoms with Gasteiger partial charge in [-0.05, 0) is 43.2 Å². The van der Waals surface area contributed by atoms with E-state index in [4.69, 9.17) is 41.8 Å². The SMILES string of the molecule is O=c1c(/C=C2\OC(=NC3CCCCC3)c3oc4c(Cl)cccc4c(=O)c32)coc2c(Cl)cccc12. The summed E-state index contributed by atoms with van der Waals surface area (Å²) in [7, 11) is 0. The lowest BCUT2D eigenvalue weighted by Gasteiger charge is -2.17. The first kappa shape index (κ1) is 22.1. The van der Waals surface area contributed by atoms with Crippen molar-refractivity contribution in [2.24, 2.45) is 4.99 Å². The van der Waals surface area contributed by atoms with Crippen molar-refractivity contribution in [2.45, 2.75) is 38.1 Å². The lowest BCUT2D eigenvalue weighted by Crippen LogP contribution is -2.14. The van der Waals surface area contributed by atoms with E-state index in [-0.39, 0.29) is 51.0 Å². The normalized spacial score (nSPS) is 18.5. The third kappa shape index (κ3) is 3.77. The van der Waals surface area contributed by atoms with Crippen molar-refractivity contribution in [2.75, 3.05) is 0 Å². The van der Waals surface area contributed by atoms with Crippen molar-refractivity contribution in [3.8, 4) is 0 Å². The fraction of sp³-hybridized carbons (Fsp3) is 0.222. The molecular weight excluding hydrogens is 489 g/mol. The summed E-state index contributed by atoms with van der Waals surface area (Å²) in [5, 5.41) is 1.32. The molecule has 176 valence electrons. The highest BCUT2D eigenvalue weighted by molar-refractivity contribution is 6.35. The van der Waals surface area contributed by atoms with Crippen molar-refractivity contribution in [3.63, 3.8) is 0 Å². The zero-order valence-corrected chi connectivity index (χ0v) is 20.0. The van der Waals surface area contributed by atoms with Crippen LogP contribution in [0, 0.1) is 0 Å². The van der Waals surface area contributed by atoms with Gasteiger partial charge in [-0.15, -0.1) is 0 Å². The number of fused-ring (bicyclic) bond motifs is 3. The van der Waals surface area contributed by atoms with Gasteiger partial charge in [-0.2, -0.15) is 0 Å². The summed E-state index contributed by atoms with van der Waals surface area (Å²) in [6.45, 7) is 0. The second-order valence-electron chi connectivity index (χ2n) is 8.73. The summed E-state index contributed by atoms with van der Waals surface area (Å²) >= 11 is 12.5. The minimum absolute atomic E-state index is 0.0751. The molecule has 3 heterocycles. The lowest BCUT2D eigenvalue weighted by molar-refractivity contribution is 0.427. The van der Waals surface area contributed by atoms with Crippen LogP contribution < -0.4 is 10.9 Å². The van der Waals surface area contributed by atoms with Crippen LogP contribution in [0.3, 0.4) is 0 Å². The van der Waals surface area contributed by atoms with Gasteiger partial charge in [0.1, 0.15) is 17.6 Å². The summed E-state index contributed by atoms with van der Waals surface area (Å²) in [5.41, 5.74) is 0.396. The standard InChI is InChI=1S/C27H19Cl2NO5/c28-18-10-4-8-16-22(31)14(13-33-24(16)18)12-20-21-23(32)17-9-5-11-19(29)25(17)35-26(21)27(34-20)30-15-6-2-1-3-7-15/h4-5,8-13,15H,1-3,6-7H2/b20-12-,30-27?. The van der Waals surface area contributed by atoms with Crippen LogP contribution in [-0.4, -0.2) is 11.9 Å². The Bertz CT molecular complexity index is 1680. The lowest BCUT2D eigenvalue weighted by atomic mass is 9.96. The maximum Gasteiger partial charge on any atom is 0.259 e. The predicted octanol–water partition coefficient (Wildman–Crippen LogP) is 6.81. The zero-order valence-electron chi connectivity index (χ0n) is 18.5. The molecule has 2 aromatic heterocycles. The van der Waals surface area contributed by atoms with Crippen LogP contribution in [0.1, 0.15) is 49.0 Å². The van der Waals surface area contributed by atoms with E-state index in [9.17, 15) is 9.59 Å². The Labute approximate surface area is 209 Å². The Morgan fingerprint density at radius 2 is 1.57 bits per heavy atom. The van der Waals surface area contributed by atoms with Crippen molar-refractivity contribution in [3.05, 3.63) is 90.0 Å². The molecule has 35 heavy (non-hydrogen) atoms. The number of benzene rings is 2. The molecule has 6 rings (SSSR count). The molecule has 0 radical (unpaired) electrons. The monoisotopic (exact) mass is 507 g/mol. The topological polar surface area (TPSA) is 82.0 Å². The summed E-state index contributed by atoms with van der Waals surface area (Å²) < 4.78 is 17.8. The van der Waals surface area contributed by atoms with Gasteiger partial charge >= 0.3 is 0 Å². The molecule has 1 aliphatic heterocycles. The number of nitrogens with zero attached hydrogens (tertiary/aromatic N) is 1. The second kappa shape index (κ2) is 8.70. The van der Waals surface area contributed by atoms with E-state index in [1.807, 2.05) is 0 Å². The molecule has 0 saturated heterocycles. The molecule has 0 N–H and O–H groups in total. The van der Waals surface area contributed by atoms with Crippen LogP contribution in [0.2, 0.25) is 10.0 Å². The van der Waals surface area contributed by atoms with Gasteiger partial charge in [0.25, 0.3) is 5.90 Å². The van der Waals surface area contributed by atoms with E-state index < -0.39 is 0 Å². The Morgan fingerprint density at radius 3 is 2.31 bits per heavy atom. The first-order chi connectivity index (χ1) is 17.0. The molecule has 2 aromatic carbocycles. The highest BCUT2D eigenvalue weighted by Crippen LogP contribution is 2.35. The number of ether oxygens (including phenoxy) is 1. The molecule has 0 atom stereocenters. The fourth-order valence-corrected chi connectivity index (χ4v) is 5.13. The number of halogens is 2. The van der Waals surface area contributed by atoms with Crippen LogP contribution in [0.25, 0.3) is 33.8 Å². The molecule has 0 amide bonds. The molecule has 1 aliphatic carbocycles. The third-order valence-corrected chi connectivity index (χ3v) is 7.05.